The maximum Gasteiger partial charge on any atom is 0.264 e. The number of carbonyl (C=O) groups excluding carboxylic acids is 2. The fourth-order valence-electron chi connectivity index (χ4n) is 5.10. The minimum absolute atomic E-state index is 0.0215. The van der Waals surface area contributed by atoms with E-state index >= 15 is 0 Å². The maximum atomic E-state index is 14.2. The van der Waals surface area contributed by atoms with Crippen LogP contribution in [0.15, 0.2) is 71.6 Å². The van der Waals surface area contributed by atoms with Gasteiger partial charge in [0.25, 0.3) is 10.0 Å². The predicted octanol–water partition coefficient (Wildman–Crippen LogP) is 7.02. The number of halogens is 3. The molecule has 1 fully saturated rings. The highest BCUT2D eigenvalue weighted by atomic mass is 35.5. The topological polar surface area (TPSA) is 86.8 Å². The molecule has 1 N–H and O–H groups in total. The highest BCUT2D eigenvalue weighted by molar-refractivity contribution is 7.92. The second kappa shape index (κ2) is 14.1. The van der Waals surface area contributed by atoms with Gasteiger partial charge in [0.2, 0.25) is 11.8 Å². The Labute approximate surface area is 262 Å². The molecule has 1 aliphatic carbocycles. The van der Waals surface area contributed by atoms with E-state index in [2.05, 4.69) is 5.32 Å². The van der Waals surface area contributed by atoms with Crippen LogP contribution in [0.25, 0.3) is 0 Å². The van der Waals surface area contributed by atoms with Crippen LogP contribution in [0.2, 0.25) is 15.1 Å². The molecule has 3 aromatic carbocycles. The van der Waals surface area contributed by atoms with E-state index in [1.165, 1.54) is 29.2 Å². The summed E-state index contributed by atoms with van der Waals surface area (Å²) in [5.74, 6) is -0.903. The van der Waals surface area contributed by atoms with Gasteiger partial charge in [-0.05, 0) is 74.7 Å². The average molecular weight is 651 g/mol. The lowest BCUT2D eigenvalue weighted by Gasteiger charge is -2.34. The molecule has 0 bridgehead atoms. The molecule has 11 heteroatoms. The molecule has 1 aliphatic rings. The average Bonchev–Trinajstić information content (AvgIpc) is 2.96. The summed E-state index contributed by atoms with van der Waals surface area (Å²) in [5.41, 5.74) is 1.47. The maximum absolute atomic E-state index is 14.2. The molecule has 0 radical (unpaired) electrons. The molecule has 0 spiro atoms. The van der Waals surface area contributed by atoms with Gasteiger partial charge >= 0.3 is 0 Å². The Morgan fingerprint density at radius 3 is 2.14 bits per heavy atom. The SMILES string of the molecule is Cc1ccccc1N(CC(=O)N(Cc1c(Cl)cccc1Cl)[C@@H](C)C(=O)NC1CCCCC1)S(=O)(=O)c1ccc(Cl)cc1. The monoisotopic (exact) mass is 649 g/mol. The molecule has 0 heterocycles. The van der Waals surface area contributed by atoms with Crippen molar-refractivity contribution in [2.24, 2.45) is 0 Å². The van der Waals surface area contributed by atoms with Crippen LogP contribution in [0.5, 0.6) is 0 Å². The summed E-state index contributed by atoms with van der Waals surface area (Å²) in [4.78, 5) is 28.9. The van der Waals surface area contributed by atoms with Gasteiger partial charge in [0.1, 0.15) is 12.6 Å². The van der Waals surface area contributed by atoms with Crippen molar-refractivity contribution in [2.75, 3.05) is 10.8 Å². The van der Waals surface area contributed by atoms with Crippen molar-refractivity contribution in [1.29, 1.82) is 0 Å². The molecule has 0 aromatic heterocycles. The van der Waals surface area contributed by atoms with Gasteiger partial charge in [-0.2, -0.15) is 0 Å². The lowest BCUT2D eigenvalue weighted by Crippen LogP contribution is -2.53. The van der Waals surface area contributed by atoms with Gasteiger partial charge in [0, 0.05) is 33.2 Å². The van der Waals surface area contributed by atoms with Crippen LogP contribution < -0.4 is 9.62 Å². The van der Waals surface area contributed by atoms with Gasteiger partial charge in [-0.25, -0.2) is 8.42 Å². The standard InChI is InChI=1S/C31H34Cl3N3O4S/c1-21-9-6-7-14-29(21)37(42(40,41)25-17-15-23(32)16-18-25)20-30(38)36(19-26-27(33)12-8-13-28(26)34)22(2)31(39)35-24-10-4-3-5-11-24/h6-9,12-18,22,24H,3-5,10-11,19-20H2,1-2H3,(H,35,39)/t22-/m0/s1. The molecular weight excluding hydrogens is 617 g/mol. The van der Waals surface area contributed by atoms with Gasteiger partial charge < -0.3 is 10.2 Å². The Morgan fingerprint density at radius 1 is 0.905 bits per heavy atom. The Bertz CT molecular complexity index is 1510. The number of hydrogen-bond donors (Lipinski definition) is 1. The Hall–Kier alpha value is -2.78. The molecule has 224 valence electrons. The number of sulfonamides is 1. The van der Waals surface area contributed by atoms with E-state index in [0.29, 0.717) is 31.9 Å². The highest BCUT2D eigenvalue weighted by Crippen LogP contribution is 2.30. The number of carbonyl (C=O) groups is 2. The minimum atomic E-state index is -4.21. The Balaban J connectivity index is 1.72. The summed E-state index contributed by atoms with van der Waals surface area (Å²) in [5, 5.41) is 4.14. The van der Waals surface area contributed by atoms with Crippen molar-refractivity contribution < 1.29 is 18.0 Å². The van der Waals surface area contributed by atoms with E-state index in [9.17, 15) is 18.0 Å². The molecular formula is C31H34Cl3N3O4S. The van der Waals surface area contributed by atoms with E-state index in [0.717, 1.165) is 36.4 Å². The predicted molar refractivity (Wildman–Crippen MR) is 169 cm³/mol. The van der Waals surface area contributed by atoms with Gasteiger partial charge in [-0.1, -0.05) is 78.3 Å². The van der Waals surface area contributed by atoms with Crippen molar-refractivity contribution in [3.63, 3.8) is 0 Å². The molecule has 3 aromatic rings. The van der Waals surface area contributed by atoms with Crippen LogP contribution in [-0.2, 0) is 26.2 Å². The molecule has 0 unspecified atom stereocenters. The van der Waals surface area contributed by atoms with Crippen molar-refractivity contribution in [3.05, 3.63) is 92.9 Å². The van der Waals surface area contributed by atoms with Crippen molar-refractivity contribution >= 4 is 62.3 Å². The first-order chi connectivity index (χ1) is 20.0. The molecule has 0 saturated heterocycles. The van der Waals surface area contributed by atoms with Crippen LogP contribution in [0.1, 0.15) is 50.2 Å². The molecule has 1 saturated carbocycles. The van der Waals surface area contributed by atoms with Crippen LogP contribution in [0.3, 0.4) is 0 Å². The normalized spacial score (nSPS) is 14.7. The number of nitrogens with zero attached hydrogens (tertiary/aromatic N) is 2. The van der Waals surface area contributed by atoms with Crippen molar-refractivity contribution in [3.8, 4) is 0 Å². The van der Waals surface area contributed by atoms with E-state index in [1.54, 1.807) is 56.3 Å². The van der Waals surface area contributed by atoms with Crippen molar-refractivity contribution in [1.82, 2.24) is 10.2 Å². The van der Waals surface area contributed by atoms with Crippen LogP contribution in [-0.4, -0.2) is 43.8 Å². The first kappa shape index (κ1) is 32.1. The molecule has 1 atom stereocenters. The van der Waals surface area contributed by atoms with E-state index in [4.69, 9.17) is 34.8 Å². The number of anilines is 1. The number of amides is 2. The highest BCUT2D eigenvalue weighted by Gasteiger charge is 2.34. The molecule has 42 heavy (non-hydrogen) atoms. The van der Waals surface area contributed by atoms with E-state index in [-0.39, 0.29) is 23.4 Å². The second-order valence-corrected chi connectivity index (χ2v) is 13.6. The van der Waals surface area contributed by atoms with Crippen LogP contribution in [0.4, 0.5) is 5.69 Å². The molecule has 4 rings (SSSR count). The number of benzene rings is 3. The summed E-state index contributed by atoms with van der Waals surface area (Å²) < 4.78 is 29.0. The zero-order valence-electron chi connectivity index (χ0n) is 23.5. The first-order valence-electron chi connectivity index (χ1n) is 13.9. The number of rotatable bonds is 10. The third-order valence-corrected chi connectivity index (χ3v) is 10.3. The molecule has 0 aliphatic heterocycles. The summed E-state index contributed by atoms with van der Waals surface area (Å²) in [6.45, 7) is 2.76. The molecule has 7 nitrogen and oxygen atoms in total. The van der Waals surface area contributed by atoms with E-state index < -0.39 is 28.5 Å². The fourth-order valence-corrected chi connectivity index (χ4v) is 7.22. The quantitative estimate of drug-likeness (QED) is 0.256. The lowest BCUT2D eigenvalue weighted by atomic mass is 9.95. The number of hydrogen-bond acceptors (Lipinski definition) is 4. The zero-order chi connectivity index (χ0) is 30.4. The fraction of sp³-hybridized carbons (Fsp3) is 0.355. The zero-order valence-corrected chi connectivity index (χ0v) is 26.6. The van der Waals surface area contributed by atoms with E-state index in [1.807, 2.05) is 0 Å². The Kier molecular flexibility index (Phi) is 10.8. The summed E-state index contributed by atoms with van der Waals surface area (Å²) in [6.07, 6.45) is 4.96. The first-order valence-corrected chi connectivity index (χ1v) is 16.4. The van der Waals surface area contributed by atoms with Gasteiger partial charge in [-0.15, -0.1) is 0 Å². The number of nitrogens with one attached hydrogen (secondary N) is 1. The van der Waals surface area contributed by atoms with Crippen LogP contribution >= 0.6 is 34.8 Å². The van der Waals surface area contributed by atoms with Gasteiger partial charge in [-0.3, -0.25) is 13.9 Å². The second-order valence-electron chi connectivity index (χ2n) is 10.5. The molecule has 2 amide bonds. The third kappa shape index (κ3) is 7.59. The van der Waals surface area contributed by atoms with Crippen molar-refractivity contribution in [2.45, 2.75) is 69.5 Å². The summed E-state index contributed by atoms with van der Waals surface area (Å²) >= 11 is 18.9. The minimum Gasteiger partial charge on any atom is -0.352 e. The Morgan fingerprint density at radius 2 is 1.52 bits per heavy atom. The van der Waals surface area contributed by atoms with Gasteiger partial charge in [0.05, 0.1) is 10.6 Å². The third-order valence-electron chi connectivity index (χ3n) is 7.57. The lowest BCUT2D eigenvalue weighted by molar-refractivity contribution is -0.139. The summed E-state index contributed by atoms with van der Waals surface area (Å²) in [7, 11) is -4.21. The van der Waals surface area contributed by atoms with Gasteiger partial charge in [0.15, 0.2) is 0 Å². The number of aryl methyl sites for hydroxylation is 1. The largest absolute Gasteiger partial charge is 0.352 e. The van der Waals surface area contributed by atoms with Crippen LogP contribution in [0, 0.1) is 6.92 Å². The number of para-hydroxylation sites is 1. The smallest absolute Gasteiger partial charge is 0.264 e. The summed E-state index contributed by atoms with van der Waals surface area (Å²) in [6, 6.07) is 16.8.